The molecule has 1 N–H and O–H groups in total. The quantitative estimate of drug-likeness (QED) is 0.735. The number of nitrogens with zero attached hydrogens (tertiary/aromatic N) is 5. The minimum atomic E-state index is 0.438. The lowest BCUT2D eigenvalue weighted by atomic mass is 10.2. The lowest BCUT2D eigenvalue weighted by Crippen LogP contribution is -2.43. The maximum absolute atomic E-state index is 4.12. The summed E-state index contributed by atoms with van der Waals surface area (Å²) in [6.07, 6.45) is 5.14. The summed E-state index contributed by atoms with van der Waals surface area (Å²) in [5, 5.41) is 11.4. The summed E-state index contributed by atoms with van der Waals surface area (Å²) in [7, 11) is 0. The van der Waals surface area contributed by atoms with E-state index in [1.807, 2.05) is 16.9 Å². The van der Waals surface area contributed by atoms with Crippen LogP contribution in [0.1, 0.15) is 6.04 Å². The van der Waals surface area contributed by atoms with Gasteiger partial charge in [-0.1, -0.05) is 5.21 Å². The summed E-state index contributed by atoms with van der Waals surface area (Å²) in [5.41, 5.74) is 1.60. The van der Waals surface area contributed by atoms with Gasteiger partial charge in [0.05, 0.1) is 17.9 Å². The molecule has 0 atom stereocenters. The predicted molar refractivity (Wildman–Crippen MR) is 53.0 cm³/mol. The Balaban J connectivity index is 1.90. The van der Waals surface area contributed by atoms with Gasteiger partial charge >= 0.3 is 0 Å². The molecule has 0 radical (unpaired) electrons. The molecule has 0 spiro atoms. The van der Waals surface area contributed by atoms with Crippen molar-refractivity contribution in [3.63, 3.8) is 0 Å². The summed E-state index contributed by atoms with van der Waals surface area (Å²) in [4.78, 5) is 7.99. The van der Waals surface area contributed by atoms with Gasteiger partial charge in [0.15, 0.2) is 0 Å². The van der Waals surface area contributed by atoms with Gasteiger partial charge in [0.2, 0.25) is 0 Å². The third-order valence-electron chi connectivity index (χ3n) is 2.49. The summed E-state index contributed by atoms with van der Waals surface area (Å²) in [5.74, 6) is 0. The fraction of sp³-hybridized carbons (Fsp3) is 0.333. The first kappa shape index (κ1) is 8.49. The van der Waals surface area contributed by atoms with Crippen LogP contribution in [-0.4, -0.2) is 38.1 Å². The van der Waals surface area contributed by atoms with Gasteiger partial charge in [-0.05, 0) is 6.07 Å². The van der Waals surface area contributed by atoms with Crippen LogP contribution in [0, 0.1) is 0 Å². The second kappa shape index (κ2) is 3.39. The van der Waals surface area contributed by atoms with Gasteiger partial charge in [0.25, 0.3) is 0 Å². The molecule has 0 aliphatic carbocycles. The lowest BCUT2D eigenvalue weighted by molar-refractivity contribution is 0.313. The molecule has 1 fully saturated rings. The van der Waals surface area contributed by atoms with E-state index < -0.39 is 0 Å². The summed E-state index contributed by atoms with van der Waals surface area (Å²) in [6, 6.07) is 2.26. The van der Waals surface area contributed by atoms with Crippen LogP contribution in [0.4, 0.5) is 0 Å². The van der Waals surface area contributed by atoms with Gasteiger partial charge in [-0.2, -0.15) is 0 Å². The van der Waals surface area contributed by atoms with Crippen molar-refractivity contribution < 1.29 is 0 Å². The van der Waals surface area contributed by atoms with E-state index in [2.05, 4.69) is 25.6 Å². The molecule has 6 heteroatoms. The first-order valence-corrected chi connectivity index (χ1v) is 4.82. The van der Waals surface area contributed by atoms with Crippen LogP contribution in [0.3, 0.4) is 0 Å². The summed E-state index contributed by atoms with van der Waals surface area (Å²) in [6.45, 7) is 1.93. The Morgan fingerprint density at radius 2 is 2.27 bits per heavy atom. The molecule has 1 aliphatic heterocycles. The van der Waals surface area contributed by atoms with E-state index >= 15 is 0 Å². The Kier molecular flexibility index (Phi) is 1.92. The highest BCUT2D eigenvalue weighted by Crippen LogP contribution is 2.15. The highest BCUT2D eigenvalue weighted by Gasteiger charge is 2.20. The average Bonchev–Trinajstić information content (AvgIpc) is 2.66. The number of aromatic nitrogens is 5. The van der Waals surface area contributed by atoms with Crippen LogP contribution in [-0.2, 0) is 0 Å². The Bertz CT molecular complexity index is 447. The van der Waals surface area contributed by atoms with Crippen LogP contribution in [0.2, 0.25) is 0 Å². The molecule has 76 valence electrons. The van der Waals surface area contributed by atoms with Crippen molar-refractivity contribution in [2.45, 2.75) is 6.04 Å². The summed E-state index contributed by atoms with van der Waals surface area (Å²) >= 11 is 0. The fourth-order valence-corrected chi connectivity index (χ4v) is 1.48. The van der Waals surface area contributed by atoms with Crippen LogP contribution in [0.5, 0.6) is 0 Å². The first-order chi connectivity index (χ1) is 7.43. The molecule has 0 unspecified atom stereocenters. The Morgan fingerprint density at radius 3 is 2.93 bits per heavy atom. The van der Waals surface area contributed by atoms with Crippen molar-refractivity contribution >= 4 is 0 Å². The van der Waals surface area contributed by atoms with Crippen molar-refractivity contribution in [2.24, 2.45) is 0 Å². The molecule has 2 aromatic heterocycles. The smallest absolute Gasteiger partial charge is 0.131 e. The Hall–Kier alpha value is -1.82. The zero-order valence-electron chi connectivity index (χ0n) is 8.04. The monoisotopic (exact) mass is 202 g/mol. The van der Waals surface area contributed by atoms with E-state index in [4.69, 9.17) is 0 Å². The van der Waals surface area contributed by atoms with Crippen molar-refractivity contribution in [3.05, 3.63) is 24.8 Å². The molecular formula is C9H10N6. The van der Waals surface area contributed by atoms with E-state index in [0.29, 0.717) is 6.04 Å². The van der Waals surface area contributed by atoms with Gasteiger partial charge in [0, 0.05) is 19.3 Å². The van der Waals surface area contributed by atoms with Crippen molar-refractivity contribution in [1.82, 2.24) is 30.3 Å². The van der Waals surface area contributed by atoms with E-state index in [-0.39, 0.29) is 0 Å². The SMILES string of the molecule is c1cc(-c2cn(C3CNC3)nn2)ncn1. The first-order valence-electron chi connectivity index (χ1n) is 4.82. The molecule has 0 bridgehead atoms. The van der Waals surface area contributed by atoms with Crippen molar-refractivity contribution in [3.8, 4) is 11.4 Å². The minimum absolute atomic E-state index is 0.438. The van der Waals surface area contributed by atoms with Gasteiger partial charge < -0.3 is 5.32 Å². The lowest BCUT2D eigenvalue weighted by Gasteiger charge is -2.26. The van der Waals surface area contributed by atoms with Crippen molar-refractivity contribution in [2.75, 3.05) is 13.1 Å². The largest absolute Gasteiger partial charge is 0.312 e. The maximum Gasteiger partial charge on any atom is 0.131 e. The molecule has 3 rings (SSSR count). The van der Waals surface area contributed by atoms with E-state index in [9.17, 15) is 0 Å². The molecule has 3 heterocycles. The molecule has 1 aliphatic rings. The highest BCUT2D eigenvalue weighted by atomic mass is 15.5. The third kappa shape index (κ3) is 1.48. The fourth-order valence-electron chi connectivity index (χ4n) is 1.48. The standard InChI is InChI=1S/C9H10N6/c1-2-10-6-12-8(1)9-5-15(14-13-9)7-3-11-4-7/h1-2,5-7,11H,3-4H2. The number of hydrogen-bond acceptors (Lipinski definition) is 5. The second-order valence-corrected chi connectivity index (χ2v) is 3.49. The van der Waals surface area contributed by atoms with Gasteiger partial charge in [-0.25, -0.2) is 14.6 Å². The van der Waals surface area contributed by atoms with Gasteiger partial charge in [-0.3, -0.25) is 0 Å². The molecule has 0 aromatic carbocycles. The zero-order chi connectivity index (χ0) is 10.1. The second-order valence-electron chi connectivity index (χ2n) is 3.49. The van der Waals surface area contributed by atoms with Gasteiger partial charge in [-0.15, -0.1) is 5.10 Å². The van der Waals surface area contributed by atoms with E-state index in [1.165, 1.54) is 6.33 Å². The van der Waals surface area contributed by atoms with E-state index in [0.717, 1.165) is 24.5 Å². The van der Waals surface area contributed by atoms with E-state index in [1.54, 1.807) is 6.20 Å². The van der Waals surface area contributed by atoms with Crippen LogP contribution < -0.4 is 5.32 Å². The maximum atomic E-state index is 4.12. The molecular weight excluding hydrogens is 192 g/mol. The summed E-state index contributed by atoms with van der Waals surface area (Å²) < 4.78 is 1.88. The minimum Gasteiger partial charge on any atom is -0.312 e. The van der Waals surface area contributed by atoms with Crippen LogP contribution in [0.15, 0.2) is 24.8 Å². The normalized spacial score (nSPS) is 16.3. The number of rotatable bonds is 2. The Morgan fingerprint density at radius 1 is 1.33 bits per heavy atom. The molecule has 15 heavy (non-hydrogen) atoms. The van der Waals surface area contributed by atoms with Crippen molar-refractivity contribution in [1.29, 1.82) is 0 Å². The molecule has 6 nitrogen and oxygen atoms in total. The van der Waals surface area contributed by atoms with Gasteiger partial charge in [0.1, 0.15) is 12.0 Å². The third-order valence-corrected chi connectivity index (χ3v) is 2.49. The van der Waals surface area contributed by atoms with Crippen LogP contribution in [0.25, 0.3) is 11.4 Å². The molecule has 0 amide bonds. The molecule has 2 aromatic rings. The van der Waals surface area contributed by atoms with Crippen LogP contribution >= 0.6 is 0 Å². The zero-order valence-corrected chi connectivity index (χ0v) is 8.04. The average molecular weight is 202 g/mol. The Labute approximate surface area is 86.4 Å². The number of nitrogens with one attached hydrogen (secondary N) is 1. The molecule has 0 saturated carbocycles. The molecule has 1 saturated heterocycles. The topological polar surface area (TPSA) is 68.5 Å². The predicted octanol–water partition coefficient (Wildman–Crippen LogP) is -0.121. The number of hydrogen-bond donors (Lipinski definition) is 1. The highest BCUT2D eigenvalue weighted by molar-refractivity contribution is 5.50.